The molecule has 0 fully saturated rings. The van der Waals surface area contributed by atoms with E-state index in [4.69, 9.17) is 13.6 Å². The second-order valence-electron chi connectivity index (χ2n) is 10.7. The summed E-state index contributed by atoms with van der Waals surface area (Å²) in [5.74, 6) is 0. The predicted molar refractivity (Wildman–Crippen MR) is 172 cm³/mol. The monoisotopic (exact) mass is 1230 g/mol. The summed E-state index contributed by atoms with van der Waals surface area (Å²) in [7, 11) is -10.5. The fraction of sp³-hybridized carbons (Fsp3) is 1.00. The molecule has 0 aliphatic rings. The number of rotatable bonds is 27. The molecule has 16 heteroatoms. The zero-order valence-electron chi connectivity index (χ0n) is 30.0. The minimum Gasteiger partial charge on any atom is -0.778 e. The van der Waals surface area contributed by atoms with Crippen LogP contribution in [0.3, 0.4) is 0 Å². The van der Waals surface area contributed by atoms with Crippen LogP contribution in [0.2, 0.25) is 0 Å². The van der Waals surface area contributed by atoms with Gasteiger partial charge in [-0.1, -0.05) is 119 Å². The average Bonchev–Trinajstić information content (AvgIpc) is 2.93. The van der Waals surface area contributed by atoms with Crippen molar-refractivity contribution in [3.8, 4) is 0 Å². The van der Waals surface area contributed by atoms with E-state index in [1.807, 2.05) is 13.8 Å². The van der Waals surface area contributed by atoms with Crippen molar-refractivity contribution in [3.05, 3.63) is 0 Å². The van der Waals surface area contributed by atoms with Crippen molar-refractivity contribution in [2.45, 2.75) is 157 Å². The van der Waals surface area contributed by atoms with Gasteiger partial charge in [-0.05, 0) is 38.5 Å². The fourth-order valence-corrected chi connectivity index (χ4v) is 7.00. The summed E-state index contributed by atoms with van der Waals surface area (Å²) in [4.78, 5) is 33.8. The molecule has 0 bridgehead atoms. The van der Waals surface area contributed by atoms with E-state index in [9.17, 15) is 28.4 Å². The Kier molecular flexibility index (Phi) is 70.8. The minimum absolute atomic E-state index is 0. The predicted octanol–water partition coefficient (Wildman–Crippen LogP) is 8.81. The number of hydrogen-bond donors (Lipinski definition) is 0. The molecule has 0 aliphatic heterocycles. The Morgan fingerprint density at radius 2 is 0.587 bits per heavy atom. The van der Waals surface area contributed by atoms with Gasteiger partial charge >= 0.3 is 163 Å². The normalized spacial score (nSPS) is 14.0. The van der Waals surface area contributed by atoms with Gasteiger partial charge in [-0.3, -0.25) is 0 Å². The van der Waals surface area contributed by atoms with E-state index >= 15 is 0 Å². The third-order valence-corrected chi connectivity index (χ3v) is 10.5. The maximum absolute atomic E-state index is 11.4. The molecule has 0 saturated carbocycles. The third-order valence-electron chi connectivity index (χ3n) is 6.21. The molecule has 0 aromatic carbocycles. The van der Waals surface area contributed by atoms with E-state index in [1.54, 1.807) is 0 Å². The first kappa shape index (κ1) is 66.7. The van der Waals surface area contributed by atoms with E-state index in [0.717, 1.165) is 109 Å². The van der Waals surface area contributed by atoms with Gasteiger partial charge in [0.25, 0.3) is 0 Å². The molecule has 9 nitrogen and oxygen atoms in total. The van der Waals surface area contributed by atoms with Crippen LogP contribution in [0.15, 0.2) is 0 Å². The number of hydrogen-bond acceptors (Lipinski definition) is 9. The summed E-state index contributed by atoms with van der Waals surface area (Å²) in [5.41, 5.74) is 0. The van der Waals surface area contributed by atoms with Crippen molar-refractivity contribution >= 4 is 22.8 Å². The smallest absolute Gasteiger partial charge is 0.778 e. The Morgan fingerprint density at radius 1 is 0.348 bits per heavy atom. The Bertz CT molecular complexity index is 713. The minimum atomic E-state index is -3.53. The van der Waals surface area contributed by atoms with E-state index in [0.29, 0.717) is 26.2 Å². The van der Waals surface area contributed by atoms with E-state index in [1.165, 1.54) is 0 Å². The first-order valence-electron chi connectivity index (χ1n) is 16.7. The van der Waals surface area contributed by atoms with Crippen molar-refractivity contribution in [2.75, 3.05) is 38.3 Å². The zero-order valence-corrected chi connectivity index (χ0v) is 45.5. The molecule has 3 atom stereocenters. The van der Waals surface area contributed by atoms with Gasteiger partial charge in [0.2, 0.25) is 0 Å². The fourth-order valence-electron chi connectivity index (χ4n) is 3.47. The third kappa shape index (κ3) is 59.1. The van der Waals surface area contributed by atoms with E-state index < -0.39 is 22.8 Å². The summed E-state index contributed by atoms with van der Waals surface area (Å²) in [5, 5.41) is 0. The van der Waals surface area contributed by atoms with Crippen LogP contribution in [-0.4, -0.2) is 38.3 Å². The van der Waals surface area contributed by atoms with Crippen LogP contribution in [0, 0.1) is 163 Å². The SMILES string of the molecule is CCCCCCOP(=O)([O-])CCCCCC.CCCCCOP(=O)([O-])CCCCC.CCCCOP(=O)([O-])CCCC.[Nd+3].[Nd+3].[Nd+3].[Nd+3]. The van der Waals surface area contributed by atoms with Gasteiger partial charge in [-0.15, -0.1) is 0 Å². The van der Waals surface area contributed by atoms with E-state index in [-0.39, 0.29) is 182 Å². The molecular formula is C30H66Nd4O9P3+9. The van der Waals surface area contributed by atoms with Crippen molar-refractivity contribution in [3.63, 3.8) is 0 Å². The Balaban J connectivity index is -0.0000000959. The van der Waals surface area contributed by atoms with Crippen LogP contribution in [-0.2, 0) is 27.3 Å². The topological polar surface area (TPSA) is 148 Å². The molecule has 0 heterocycles. The standard InChI is InChI=1S/C12H27O3P.C10H23O3P.C8H19O3P.4Nd/c1-3-5-7-9-11-15-16(13,14)12-10-8-6-4-2;1-3-5-7-9-13-14(11,12)10-8-6-4-2;1-3-5-7-11-12(9,10)8-6-4-2;;;;/h3-12H2,1-2H3,(H,13,14);3-10H2,1-2H3,(H,11,12);3-8H2,1-2H3,(H,9,10);;;;/q;;;4*+3/p-3. The quantitative estimate of drug-likeness (QED) is 0.0582. The van der Waals surface area contributed by atoms with Gasteiger partial charge in [0, 0.05) is 18.5 Å². The largest absolute Gasteiger partial charge is 3.00 e. The van der Waals surface area contributed by atoms with Crippen LogP contribution in [0.25, 0.3) is 0 Å². The Hall–Kier alpha value is 5.85. The molecule has 0 aromatic heterocycles. The summed E-state index contributed by atoms with van der Waals surface area (Å²) in [6.45, 7) is 13.4. The van der Waals surface area contributed by atoms with Gasteiger partial charge in [-0.25, -0.2) is 0 Å². The molecule has 262 valence electrons. The first-order valence-corrected chi connectivity index (χ1v) is 21.9. The summed E-state index contributed by atoms with van der Waals surface area (Å²) >= 11 is 0. The van der Waals surface area contributed by atoms with Gasteiger partial charge in [0.05, 0.1) is 19.8 Å². The van der Waals surface area contributed by atoms with Crippen molar-refractivity contribution in [1.29, 1.82) is 0 Å². The molecule has 0 rings (SSSR count). The molecule has 3 unspecified atom stereocenters. The van der Waals surface area contributed by atoms with E-state index in [2.05, 4.69) is 27.7 Å². The Labute approximate surface area is 416 Å². The molecule has 0 saturated heterocycles. The molecule has 4 radical (unpaired) electrons. The maximum Gasteiger partial charge on any atom is 3.00 e. The molecular weight excluding hydrogens is 1170 g/mol. The van der Waals surface area contributed by atoms with Crippen molar-refractivity contribution in [2.24, 2.45) is 0 Å². The van der Waals surface area contributed by atoms with Crippen LogP contribution >= 0.6 is 22.8 Å². The number of unbranched alkanes of at least 4 members (excludes halogenated alkanes) is 12. The maximum atomic E-state index is 11.4. The van der Waals surface area contributed by atoms with Crippen LogP contribution in [0.4, 0.5) is 0 Å². The summed E-state index contributed by atoms with van der Waals surface area (Å²) < 4.78 is 48.4. The molecule has 0 spiro atoms. The van der Waals surface area contributed by atoms with Crippen molar-refractivity contribution in [1.82, 2.24) is 0 Å². The molecule has 46 heavy (non-hydrogen) atoms. The second kappa shape index (κ2) is 48.9. The van der Waals surface area contributed by atoms with Gasteiger partial charge < -0.3 is 41.9 Å². The summed E-state index contributed by atoms with van der Waals surface area (Å²) in [6, 6.07) is 0. The van der Waals surface area contributed by atoms with Crippen molar-refractivity contribution < 1.29 is 205 Å². The first-order chi connectivity index (χ1) is 19.9. The zero-order chi connectivity index (χ0) is 32.6. The van der Waals surface area contributed by atoms with Gasteiger partial charge in [0.1, 0.15) is 22.8 Å². The molecule has 0 aromatic rings. The van der Waals surface area contributed by atoms with Crippen LogP contribution in [0.1, 0.15) is 157 Å². The Morgan fingerprint density at radius 3 is 0.957 bits per heavy atom. The van der Waals surface area contributed by atoms with Crippen LogP contribution < -0.4 is 14.7 Å². The molecule has 0 amide bonds. The van der Waals surface area contributed by atoms with Gasteiger partial charge in [-0.2, -0.15) is 0 Å². The molecule has 0 N–H and O–H groups in total. The van der Waals surface area contributed by atoms with Crippen LogP contribution in [0.5, 0.6) is 0 Å². The molecule has 0 aliphatic carbocycles. The second-order valence-corrected chi connectivity index (χ2v) is 16.5. The summed E-state index contributed by atoms with van der Waals surface area (Å²) in [6.07, 6.45) is 17.9. The van der Waals surface area contributed by atoms with Gasteiger partial charge in [0.15, 0.2) is 0 Å². The average molecular weight is 1240 g/mol.